The lowest BCUT2D eigenvalue weighted by molar-refractivity contribution is 0.252. The van der Waals surface area contributed by atoms with Crippen LogP contribution in [0.15, 0.2) is 77.9 Å². The molecule has 0 unspecified atom stereocenters. The third-order valence-corrected chi connectivity index (χ3v) is 4.19. The molecule has 0 saturated carbocycles. The molecule has 4 N–H and O–H groups in total. The summed E-state index contributed by atoms with van der Waals surface area (Å²) in [5, 5.41) is 26.6. The summed E-state index contributed by atoms with van der Waals surface area (Å²) in [6.45, 7) is 0. The molecule has 3 aromatic rings. The average molecular weight is 421 g/mol. The summed E-state index contributed by atoms with van der Waals surface area (Å²) in [5.74, 6) is 0.0795. The first-order valence-electron chi connectivity index (χ1n) is 9.19. The predicted octanol–water partition coefficient (Wildman–Crippen LogP) is 4.48. The summed E-state index contributed by atoms with van der Waals surface area (Å²) in [4.78, 5) is 12.2. The number of anilines is 1. The summed E-state index contributed by atoms with van der Waals surface area (Å²) < 4.78 is 18.1. The van der Waals surface area contributed by atoms with Gasteiger partial charge in [-0.25, -0.2) is 14.6 Å². The van der Waals surface area contributed by atoms with Crippen LogP contribution in [0, 0.1) is 5.82 Å². The fraction of sp³-hybridized carbons (Fsp3) is 0.0435. The summed E-state index contributed by atoms with van der Waals surface area (Å²) in [6.07, 6.45) is 3.30. The number of nitrogens with zero attached hydrogens (tertiary/aromatic N) is 1. The van der Waals surface area contributed by atoms with Gasteiger partial charge in [0, 0.05) is 11.3 Å². The van der Waals surface area contributed by atoms with Gasteiger partial charge < -0.3 is 20.3 Å². The topological polar surface area (TPSA) is 103 Å². The van der Waals surface area contributed by atoms with Gasteiger partial charge in [0.05, 0.1) is 12.8 Å². The molecule has 0 atom stereocenters. The van der Waals surface area contributed by atoms with Crippen molar-refractivity contribution in [1.82, 2.24) is 5.43 Å². The first-order chi connectivity index (χ1) is 14.9. The Morgan fingerprint density at radius 3 is 2.42 bits per heavy atom. The number of hydrogen-bond acceptors (Lipinski definition) is 5. The van der Waals surface area contributed by atoms with E-state index in [1.54, 1.807) is 31.4 Å². The van der Waals surface area contributed by atoms with Crippen molar-refractivity contribution in [2.75, 3.05) is 12.4 Å². The molecule has 0 heterocycles. The number of amides is 2. The summed E-state index contributed by atoms with van der Waals surface area (Å²) in [5.41, 5.74) is 3.94. The van der Waals surface area contributed by atoms with E-state index in [4.69, 9.17) is 4.74 Å². The Hall–Kier alpha value is -4.33. The van der Waals surface area contributed by atoms with Gasteiger partial charge in [-0.15, -0.1) is 0 Å². The number of phenolic OH excluding ortho intramolecular Hbond substituents is 2. The first kappa shape index (κ1) is 21.4. The molecule has 0 aromatic heterocycles. The van der Waals surface area contributed by atoms with Crippen LogP contribution in [0.25, 0.3) is 6.08 Å². The zero-order chi connectivity index (χ0) is 22.2. The predicted molar refractivity (Wildman–Crippen MR) is 117 cm³/mol. The van der Waals surface area contributed by atoms with Crippen LogP contribution in [0.5, 0.6) is 17.2 Å². The SMILES string of the molecule is COc1ccc(/C=C/C(=N\NC(=O)Nc2ccc(F)cc2)c2cc(O)ccc2O)cc1. The number of carbonyl (C=O) groups excluding carboxylic acids is 1. The van der Waals surface area contributed by atoms with E-state index in [0.29, 0.717) is 11.4 Å². The van der Waals surface area contributed by atoms with E-state index in [0.717, 1.165) is 5.56 Å². The van der Waals surface area contributed by atoms with Gasteiger partial charge in [-0.05, 0) is 66.2 Å². The maximum absolute atomic E-state index is 13.0. The van der Waals surface area contributed by atoms with Crippen LogP contribution in [0.2, 0.25) is 0 Å². The number of hydrazone groups is 1. The van der Waals surface area contributed by atoms with Crippen molar-refractivity contribution in [3.05, 3.63) is 89.8 Å². The Morgan fingerprint density at radius 2 is 1.74 bits per heavy atom. The highest BCUT2D eigenvalue weighted by Gasteiger charge is 2.10. The molecular weight excluding hydrogens is 401 g/mol. The van der Waals surface area contributed by atoms with Crippen LogP contribution in [0.1, 0.15) is 11.1 Å². The summed E-state index contributed by atoms with van der Waals surface area (Å²) in [7, 11) is 1.57. The van der Waals surface area contributed by atoms with Gasteiger partial charge >= 0.3 is 6.03 Å². The largest absolute Gasteiger partial charge is 0.508 e. The van der Waals surface area contributed by atoms with Crippen molar-refractivity contribution >= 4 is 23.5 Å². The van der Waals surface area contributed by atoms with Gasteiger partial charge in [0.2, 0.25) is 0 Å². The molecule has 0 aliphatic carbocycles. The van der Waals surface area contributed by atoms with Crippen molar-refractivity contribution in [3.8, 4) is 17.2 Å². The average Bonchev–Trinajstić information content (AvgIpc) is 2.77. The minimum atomic E-state index is -0.665. The standard InChI is InChI=1S/C23H20FN3O4/c1-31-19-10-2-15(3-11-19)4-12-21(20-14-18(28)9-13-22(20)29)26-27-23(30)25-17-7-5-16(24)6-8-17/h2-14,28-29H,1H3,(H2,25,27,30)/b12-4+,26-21+. The fourth-order valence-corrected chi connectivity index (χ4v) is 2.61. The molecule has 0 fully saturated rings. The molecule has 0 saturated heterocycles. The number of halogens is 1. The Balaban J connectivity index is 1.83. The van der Waals surface area contributed by atoms with E-state index >= 15 is 0 Å². The Labute approximate surface area is 178 Å². The Morgan fingerprint density at radius 1 is 1.03 bits per heavy atom. The van der Waals surface area contributed by atoms with Gasteiger partial charge in [0.15, 0.2) is 0 Å². The van der Waals surface area contributed by atoms with Crippen molar-refractivity contribution in [3.63, 3.8) is 0 Å². The molecule has 0 radical (unpaired) electrons. The highest BCUT2D eigenvalue weighted by molar-refractivity contribution is 6.13. The van der Waals surface area contributed by atoms with Gasteiger partial charge in [-0.3, -0.25) is 0 Å². The lowest BCUT2D eigenvalue weighted by Gasteiger charge is -2.08. The maximum Gasteiger partial charge on any atom is 0.339 e. The zero-order valence-electron chi connectivity index (χ0n) is 16.5. The number of allylic oxidation sites excluding steroid dienone is 1. The highest BCUT2D eigenvalue weighted by atomic mass is 19.1. The van der Waals surface area contributed by atoms with E-state index in [1.165, 1.54) is 42.5 Å². The van der Waals surface area contributed by atoms with Crippen LogP contribution in [0.3, 0.4) is 0 Å². The second kappa shape index (κ2) is 9.93. The number of urea groups is 1. The van der Waals surface area contributed by atoms with Crippen molar-refractivity contribution in [2.24, 2.45) is 5.10 Å². The molecule has 0 bridgehead atoms. The number of carbonyl (C=O) groups is 1. The second-order valence-electron chi connectivity index (χ2n) is 6.38. The molecule has 158 valence electrons. The minimum Gasteiger partial charge on any atom is -0.508 e. The zero-order valence-corrected chi connectivity index (χ0v) is 16.5. The number of aromatic hydroxyl groups is 2. The van der Waals surface area contributed by atoms with Crippen LogP contribution in [-0.4, -0.2) is 29.1 Å². The third-order valence-electron chi connectivity index (χ3n) is 4.19. The molecule has 8 heteroatoms. The molecule has 3 rings (SSSR count). The van der Waals surface area contributed by atoms with E-state index in [2.05, 4.69) is 15.8 Å². The smallest absolute Gasteiger partial charge is 0.339 e. The molecule has 2 amide bonds. The number of hydrogen-bond donors (Lipinski definition) is 4. The summed E-state index contributed by atoms with van der Waals surface area (Å²) in [6, 6.07) is 15.8. The normalized spacial score (nSPS) is 11.4. The number of methoxy groups -OCH3 is 1. The van der Waals surface area contributed by atoms with Crippen molar-refractivity contribution < 1.29 is 24.1 Å². The number of phenols is 2. The van der Waals surface area contributed by atoms with Crippen molar-refractivity contribution in [1.29, 1.82) is 0 Å². The summed E-state index contributed by atoms with van der Waals surface area (Å²) >= 11 is 0. The van der Waals surface area contributed by atoms with E-state index in [9.17, 15) is 19.4 Å². The molecular formula is C23H20FN3O4. The van der Waals surface area contributed by atoms with Gasteiger partial charge in [-0.2, -0.15) is 5.10 Å². The maximum atomic E-state index is 13.0. The van der Waals surface area contributed by atoms with Gasteiger partial charge in [0.1, 0.15) is 23.1 Å². The lowest BCUT2D eigenvalue weighted by atomic mass is 10.1. The molecule has 0 spiro atoms. The minimum absolute atomic E-state index is 0.0749. The molecule has 3 aromatic carbocycles. The van der Waals surface area contributed by atoms with Gasteiger partial charge in [-0.1, -0.05) is 18.2 Å². The quantitative estimate of drug-likeness (QED) is 0.268. The van der Waals surface area contributed by atoms with Gasteiger partial charge in [0.25, 0.3) is 0 Å². The van der Waals surface area contributed by atoms with Crippen LogP contribution in [0.4, 0.5) is 14.9 Å². The van der Waals surface area contributed by atoms with E-state index in [-0.39, 0.29) is 22.8 Å². The van der Waals surface area contributed by atoms with Crippen molar-refractivity contribution in [2.45, 2.75) is 0 Å². The Kier molecular flexibility index (Phi) is 6.85. The number of nitrogens with one attached hydrogen (secondary N) is 2. The fourth-order valence-electron chi connectivity index (χ4n) is 2.61. The highest BCUT2D eigenvalue weighted by Crippen LogP contribution is 2.24. The molecule has 0 aliphatic rings. The number of rotatable bonds is 6. The second-order valence-corrected chi connectivity index (χ2v) is 6.38. The molecule has 7 nitrogen and oxygen atoms in total. The number of ether oxygens (including phenoxy) is 1. The van der Waals surface area contributed by atoms with E-state index in [1.807, 2.05) is 12.1 Å². The molecule has 31 heavy (non-hydrogen) atoms. The van der Waals surface area contributed by atoms with Crippen LogP contribution >= 0.6 is 0 Å². The van der Waals surface area contributed by atoms with Crippen LogP contribution < -0.4 is 15.5 Å². The first-order valence-corrected chi connectivity index (χ1v) is 9.19. The Bertz CT molecular complexity index is 1110. The number of benzene rings is 3. The monoisotopic (exact) mass is 421 g/mol. The van der Waals surface area contributed by atoms with E-state index < -0.39 is 11.8 Å². The molecule has 0 aliphatic heterocycles. The van der Waals surface area contributed by atoms with Crippen LogP contribution in [-0.2, 0) is 0 Å². The lowest BCUT2D eigenvalue weighted by Crippen LogP contribution is -2.25. The third kappa shape index (κ3) is 6.07.